The number of hydrogen-bond donors (Lipinski definition) is 4. The van der Waals surface area contributed by atoms with Crippen molar-refractivity contribution < 1.29 is 4.79 Å². The van der Waals surface area contributed by atoms with Crippen molar-refractivity contribution in [3.05, 3.63) is 94.5 Å². The minimum atomic E-state index is -0.758. The van der Waals surface area contributed by atoms with E-state index >= 15 is 0 Å². The first kappa shape index (κ1) is 27.1. The number of primary amides is 1. The molecular formula is C30H35N9O. The van der Waals surface area contributed by atoms with E-state index < -0.39 is 11.3 Å². The van der Waals surface area contributed by atoms with Crippen molar-refractivity contribution in [3.8, 4) is 6.07 Å². The van der Waals surface area contributed by atoms with Crippen molar-refractivity contribution in [2.75, 3.05) is 13.1 Å². The summed E-state index contributed by atoms with van der Waals surface area (Å²) in [5, 5.41) is 28.6. The number of carbonyl (C=O) groups excluding carboxylic acids is 1. The van der Waals surface area contributed by atoms with Crippen LogP contribution in [-0.4, -0.2) is 56.6 Å². The van der Waals surface area contributed by atoms with Crippen LogP contribution in [0.4, 0.5) is 0 Å². The van der Waals surface area contributed by atoms with Crippen LogP contribution in [0.5, 0.6) is 0 Å². The van der Waals surface area contributed by atoms with Crippen LogP contribution < -0.4 is 16.8 Å². The number of nitriles is 1. The molecular weight excluding hydrogens is 502 g/mol. The van der Waals surface area contributed by atoms with Gasteiger partial charge in [-0.25, -0.2) is 5.10 Å². The van der Waals surface area contributed by atoms with Gasteiger partial charge in [-0.1, -0.05) is 31.4 Å². The summed E-state index contributed by atoms with van der Waals surface area (Å²) in [6.07, 6.45) is 3.91. The fourth-order valence-electron chi connectivity index (χ4n) is 6.32. The zero-order valence-electron chi connectivity index (χ0n) is 22.8. The number of carbonyl (C=O) groups is 1. The maximum absolute atomic E-state index is 12.1. The third-order valence-corrected chi connectivity index (χ3v) is 8.27. The van der Waals surface area contributed by atoms with Crippen LogP contribution in [0.2, 0.25) is 0 Å². The normalized spacial score (nSPS) is 20.6. The summed E-state index contributed by atoms with van der Waals surface area (Å²) in [4.78, 5) is 14.2. The van der Waals surface area contributed by atoms with Crippen molar-refractivity contribution in [3.63, 3.8) is 0 Å². The van der Waals surface area contributed by atoms with E-state index in [1.54, 1.807) is 6.07 Å². The number of nitrogens with one attached hydrogen (secondary N) is 2. The maximum Gasteiger partial charge on any atom is 0.248 e. The van der Waals surface area contributed by atoms with Gasteiger partial charge < -0.3 is 21.7 Å². The van der Waals surface area contributed by atoms with Crippen LogP contribution in [0.25, 0.3) is 5.70 Å². The number of rotatable bonds is 9. The molecule has 0 spiro atoms. The fraction of sp³-hybridized carbons (Fsp3) is 0.367. The van der Waals surface area contributed by atoms with Crippen LogP contribution in [0.15, 0.2) is 55.3 Å². The van der Waals surface area contributed by atoms with Gasteiger partial charge in [-0.15, -0.1) is 5.10 Å². The minimum absolute atomic E-state index is 0.0104. The molecule has 0 saturated carbocycles. The first-order valence-corrected chi connectivity index (χ1v) is 13.6. The highest BCUT2D eigenvalue weighted by Crippen LogP contribution is 2.47. The number of aromatic amines is 1. The van der Waals surface area contributed by atoms with Gasteiger partial charge in [-0.3, -0.25) is 4.79 Å². The third-order valence-electron chi connectivity index (χ3n) is 8.27. The van der Waals surface area contributed by atoms with E-state index in [0.717, 1.165) is 59.3 Å². The summed E-state index contributed by atoms with van der Waals surface area (Å²) in [6.45, 7) is 11.7. The lowest BCUT2D eigenvalue weighted by molar-refractivity contribution is 0.1000. The second-order valence-corrected chi connectivity index (χ2v) is 10.8. The van der Waals surface area contributed by atoms with E-state index in [1.165, 1.54) is 0 Å². The maximum atomic E-state index is 12.1. The summed E-state index contributed by atoms with van der Waals surface area (Å²) >= 11 is 0. The molecule has 3 aromatic rings. The SMILES string of the molecule is C=C(N)c1ccc2c(c1)CCc1cc(C(N)=O)ccc1C2(C[C@@H](C)NCC(=C)N1CCCC1C#N)c1nnn[nH]1. The summed E-state index contributed by atoms with van der Waals surface area (Å²) in [5.74, 6) is 0.143. The van der Waals surface area contributed by atoms with E-state index in [-0.39, 0.29) is 12.1 Å². The van der Waals surface area contributed by atoms with Gasteiger partial charge in [-0.05, 0) is 95.5 Å². The molecule has 3 atom stereocenters. The molecule has 2 aromatic carbocycles. The number of fused-ring (bicyclic) bond motifs is 2. The summed E-state index contributed by atoms with van der Waals surface area (Å²) < 4.78 is 0. The highest BCUT2D eigenvalue weighted by atomic mass is 16.1. The van der Waals surface area contributed by atoms with Gasteiger partial charge in [0.1, 0.15) is 6.04 Å². The van der Waals surface area contributed by atoms with Gasteiger partial charge in [0.05, 0.1) is 11.5 Å². The van der Waals surface area contributed by atoms with Crippen molar-refractivity contribution >= 4 is 11.6 Å². The third kappa shape index (κ3) is 4.84. The number of H-pyrrole nitrogens is 1. The molecule has 10 nitrogen and oxygen atoms in total. The van der Waals surface area contributed by atoms with E-state index in [1.807, 2.05) is 18.2 Å². The summed E-state index contributed by atoms with van der Waals surface area (Å²) in [5.41, 5.74) is 17.9. The first-order chi connectivity index (χ1) is 19.2. The second-order valence-electron chi connectivity index (χ2n) is 10.8. The predicted octanol–water partition coefficient (Wildman–Crippen LogP) is 2.53. The Morgan fingerprint density at radius 2 is 1.88 bits per heavy atom. The number of nitrogens with two attached hydrogens (primary N) is 2. The van der Waals surface area contributed by atoms with E-state index in [2.05, 4.69) is 69.1 Å². The molecule has 5 rings (SSSR count). The Hall–Kier alpha value is -4.49. The van der Waals surface area contributed by atoms with E-state index in [4.69, 9.17) is 11.5 Å². The average molecular weight is 538 g/mol. The molecule has 206 valence electrons. The molecule has 1 fully saturated rings. The van der Waals surface area contributed by atoms with Gasteiger partial charge in [0.15, 0.2) is 5.82 Å². The average Bonchev–Trinajstić information content (AvgIpc) is 3.64. The van der Waals surface area contributed by atoms with Crippen molar-refractivity contribution in [2.24, 2.45) is 11.5 Å². The van der Waals surface area contributed by atoms with Gasteiger partial charge >= 0.3 is 0 Å². The minimum Gasteiger partial charge on any atom is -0.399 e. The molecule has 2 heterocycles. The van der Waals surface area contributed by atoms with Crippen LogP contribution in [0.3, 0.4) is 0 Å². The van der Waals surface area contributed by atoms with Crippen molar-refractivity contribution in [1.82, 2.24) is 30.8 Å². The molecule has 1 saturated heterocycles. The predicted molar refractivity (Wildman–Crippen MR) is 153 cm³/mol. The van der Waals surface area contributed by atoms with E-state index in [9.17, 15) is 10.1 Å². The lowest BCUT2D eigenvalue weighted by atomic mass is 9.67. The Kier molecular flexibility index (Phi) is 7.41. The monoisotopic (exact) mass is 537 g/mol. The molecule has 0 radical (unpaired) electrons. The highest BCUT2D eigenvalue weighted by molar-refractivity contribution is 5.93. The summed E-state index contributed by atoms with van der Waals surface area (Å²) in [6, 6.07) is 14.1. The lowest BCUT2D eigenvalue weighted by Gasteiger charge is -2.37. The molecule has 1 amide bonds. The molecule has 10 heteroatoms. The Morgan fingerprint density at radius 3 is 2.48 bits per heavy atom. The van der Waals surface area contributed by atoms with Gasteiger partial charge in [-0.2, -0.15) is 5.26 Å². The van der Waals surface area contributed by atoms with Crippen molar-refractivity contribution in [2.45, 2.75) is 56.5 Å². The first-order valence-electron chi connectivity index (χ1n) is 13.6. The van der Waals surface area contributed by atoms with E-state index in [0.29, 0.717) is 36.5 Å². The van der Waals surface area contributed by atoms with Gasteiger partial charge in [0.2, 0.25) is 5.91 Å². The van der Waals surface area contributed by atoms with Crippen LogP contribution >= 0.6 is 0 Å². The number of aryl methyl sites for hydroxylation is 2. The highest BCUT2D eigenvalue weighted by Gasteiger charge is 2.45. The fourth-order valence-corrected chi connectivity index (χ4v) is 6.32. The molecule has 6 N–H and O–H groups in total. The second kappa shape index (κ2) is 10.9. The molecule has 1 aliphatic carbocycles. The number of nitrogens with zero attached hydrogens (tertiary/aromatic N) is 5. The Balaban J connectivity index is 1.58. The molecule has 0 bridgehead atoms. The van der Waals surface area contributed by atoms with Crippen LogP contribution in [0, 0.1) is 11.3 Å². The number of likely N-dealkylation sites (tertiary alicyclic amines) is 1. The lowest BCUT2D eigenvalue weighted by Crippen LogP contribution is -2.42. The molecule has 2 unspecified atom stereocenters. The van der Waals surface area contributed by atoms with Crippen LogP contribution in [0.1, 0.15) is 70.2 Å². The Bertz CT molecular complexity index is 1420. The Labute approximate surface area is 234 Å². The number of tetrazole rings is 1. The van der Waals surface area contributed by atoms with Gasteiger partial charge in [0, 0.05) is 36.1 Å². The molecule has 1 aromatic heterocycles. The Morgan fingerprint density at radius 1 is 1.20 bits per heavy atom. The topological polar surface area (TPSA) is 163 Å². The number of hydrogen-bond acceptors (Lipinski definition) is 8. The standard InChI is InChI=1S/C30H35N9O/c1-18(34-17-19(2)39-12-4-5-25(39)16-31)15-30(29-35-37-38-36-29)26-10-8-21(20(3)32)13-22(26)6-7-23-14-24(28(33)40)9-11-27(23)30/h8-11,13-14,18,25,34H,2-7,12,15,17,32H2,1H3,(H2,33,40)(H,35,36,37,38)/t18-,25?,30?/m1/s1. The van der Waals surface area contributed by atoms with Crippen molar-refractivity contribution in [1.29, 1.82) is 5.26 Å². The summed E-state index contributed by atoms with van der Waals surface area (Å²) in [7, 11) is 0. The molecule has 2 aliphatic rings. The zero-order chi connectivity index (χ0) is 28.4. The van der Waals surface area contributed by atoms with Crippen LogP contribution in [-0.2, 0) is 18.3 Å². The largest absolute Gasteiger partial charge is 0.399 e. The smallest absolute Gasteiger partial charge is 0.248 e. The molecule has 40 heavy (non-hydrogen) atoms. The number of aromatic nitrogens is 4. The number of benzene rings is 2. The molecule has 1 aliphatic heterocycles. The van der Waals surface area contributed by atoms with Gasteiger partial charge in [0.25, 0.3) is 0 Å². The number of amides is 1. The zero-order valence-corrected chi connectivity index (χ0v) is 22.8. The quantitative estimate of drug-likeness (QED) is 0.324.